The van der Waals surface area contributed by atoms with Crippen molar-refractivity contribution in [3.05, 3.63) is 83.7 Å². The fourth-order valence-electron chi connectivity index (χ4n) is 3.34. The van der Waals surface area contributed by atoms with Gasteiger partial charge in [0.25, 0.3) is 0 Å². The second-order valence-corrected chi connectivity index (χ2v) is 7.21. The molecule has 0 atom stereocenters. The van der Waals surface area contributed by atoms with Gasteiger partial charge in [0, 0.05) is 11.6 Å². The van der Waals surface area contributed by atoms with Crippen molar-refractivity contribution in [3.63, 3.8) is 0 Å². The first-order valence-electron chi connectivity index (χ1n) is 9.45. The number of ether oxygens (including phenoxy) is 1. The van der Waals surface area contributed by atoms with Crippen molar-refractivity contribution in [1.82, 2.24) is 9.55 Å². The maximum absolute atomic E-state index is 10.9. The van der Waals surface area contributed by atoms with Crippen LogP contribution in [0.4, 0.5) is 0 Å². The quantitative estimate of drug-likeness (QED) is 0.507. The normalized spacial score (nSPS) is 11.0. The Hall–Kier alpha value is -3.60. The van der Waals surface area contributed by atoms with Crippen LogP contribution >= 0.6 is 0 Å². The third-order valence-corrected chi connectivity index (χ3v) is 5.05. The predicted octanol–water partition coefficient (Wildman–Crippen LogP) is 4.98. The summed E-state index contributed by atoms with van der Waals surface area (Å²) in [5.74, 6) is -0.240. The van der Waals surface area contributed by atoms with Crippen LogP contribution in [0.15, 0.2) is 67.0 Å². The highest BCUT2D eigenvalue weighted by molar-refractivity contribution is 5.79. The second-order valence-electron chi connectivity index (χ2n) is 7.21. The second kappa shape index (κ2) is 7.80. The maximum atomic E-state index is 10.9. The Kier molecular flexibility index (Phi) is 5.04. The third-order valence-electron chi connectivity index (χ3n) is 5.05. The number of benzene rings is 2. The highest BCUT2D eigenvalue weighted by Crippen LogP contribution is 2.24. The molecular formula is C24H22N2O3. The molecule has 1 N–H and O–H groups in total. The van der Waals surface area contributed by atoms with Crippen LogP contribution in [0.5, 0.6) is 5.75 Å². The molecule has 2 aromatic heterocycles. The molecule has 2 aromatic carbocycles. The molecular weight excluding hydrogens is 364 g/mol. The number of rotatable bonds is 6. The molecule has 0 saturated heterocycles. The number of carboxylic acids is 1. The Labute approximate surface area is 169 Å². The topological polar surface area (TPSA) is 64.4 Å². The smallest absolute Gasteiger partial charge is 0.323 e. The summed E-state index contributed by atoms with van der Waals surface area (Å²) in [4.78, 5) is 15.3. The zero-order chi connectivity index (χ0) is 20.4. The van der Waals surface area contributed by atoms with Gasteiger partial charge in [-0.15, -0.1) is 0 Å². The van der Waals surface area contributed by atoms with Gasteiger partial charge in [-0.2, -0.15) is 0 Å². The van der Waals surface area contributed by atoms with E-state index in [2.05, 4.69) is 49.2 Å². The van der Waals surface area contributed by atoms with E-state index in [1.165, 1.54) is 16.7 Å². The van der Waals surface area contributed by atoms with Crippen LogP contribution in [0.25, 0.3) is 22.2 Å². The lowest BCUT2D eigenvalue weighted by Gasteiger charge is -2.10. The van der Waals surface area contributed by atoms with Gasteiger partial charge in [0.2, 0.25) is 0 Å². The Bertz CT molecular complexity index is 1190. The third kappa shape index (κ3) is 4.14. The highest BCUT2D eigenvalue weighted by Gasteiger charge is 2.08. The number of pyridine rings is 1. The first kappa shape index (κ1) is 18.7. The van der Waals surface area contributed by atoms with E-state index in [1.54, 1.807) is 17.0 Å². The Morgan fingerprint density at radius 2 is 1.86 bits per heavy atom. The van der Waals surface area contributed by atoms with Crippen LogP contribution < -0.4 is 4.74 Å². The molecule has 2 heterocycles. The molecule has 0 aliphatic carbocycles. The maximum Gasteiger partial charge on any atom is 0.323 e. The number of carboxylic acid groups (broad SMARTS) is 1. The van der Waals surface area contributed by atoms with E-state index in [-0.39, 0.29) is 6.54 Å². The summed E-state index contributed by atoms with van der Waals surface area (Å²) in [5, 5.41) is 9.82. The van der Waals surface area contributed by atoms with Crippen molar-refractivity contribution in [3.8, 4) is 16.9 Å². The summed E-state index contributed by atoms with van der Waals surface area (Å²) in [6.07, 6.45) is 3.36. The van der Waals surface area contributed by atoms with Crippen LogP contribution in [0, 0.1) is 13.8 Å². The Morgan fingerprint density at radius 3 is 2.66 bits per heavy atom. The molecule has 0 amide bonds. The average Bonchev–Trinajstić information content (AvgIpc) is 3.10. The average molecular weight is 386 g/mol. The lowest BCUT2D eigenvalue weighted by atomic mass is 9.99. The first-order valence-corrected chi connectivity index (χ1v) is 9.45. The van der Waals surface area contributed by atoms with Crippen molar-refractivity contribution in [2.24, 2.45) is 0 Å². The van der Waals surface area contributed by atoms with Crippen molar-refractivity contribution < 1.29 is 14.6 Å². The molecule has 146 valence electrons. The van der Waals surface area contributed by atoms with Gasteiger partial charge in [-0.1, -0.05) is 36.4 Å². The summed E-state index contributed by atoms with van der Waals surface area (Å²) in [6.45, 7) is 4.56. The fraction of sp³-hybridized carbons (Fsp3) is 0.167. The SMILES string of the molecule is Cc1ccc(-c2cccc(COc3cnc4c(ccn4CC(=O)O)c3)c2)cc1C. The molecule has 0 aliphatic rings. The summed E-state index contributed by atoms with van der Waals surface area (Å²) in [5.41, 5.74) is 6.62. The number of hydrogen-bond acceptors (Lipinski definition) is 3. The zero-order valence-electron chi connectivity index (χ0n) is 16.4. The van der Waals surface area contributed by atoms with Crippen LogP contribution in [0.3, 0.4) is 0 Å². The molecule has 0 bridgehead atoms. The number of fused-ring (bicyclic) bond motifs is 1. The molecule has 0 radical (unpaired) electrons. The van der Waals surface area contributed by atoms with Crippen LogP contribution in [0.2, 0.25) is 0 Å². The summed E-state index contributed by atoms with van der Waals surface area (Å²) in [6, 6.07) is 18.5. The van der Waals surface area contributed by atoms with Crippen molar-refractivity contribution in [2.75, 3.05) is 0 Å². The molecule has 5 nitrogen and oxygen atoms in total. The largest absolute Gasteiger partial charge is 0.487 e. The molecule has 4 aromatic rings. The minimum atomic E-state index is -0.895. The molecule has 5 heteroatoms. The monoisotopic (exact) mass is 386 g/mol. The molecule has 0 unspecified atom stereocenters. The van der Waals surface area contributed by atoms with E-state index < -0.39 is 5.97 Å². The lowest BCUT2D eigenvalue weighted by Crippen LogP contribution is -2.07. The standard InChI is InChI=1S/C24H22N2O3/c1-16-6-7-20(10-17(16)2)19-5-3-4-18(11-19)15-29-22-12-21-8-9-26(14-23(27)28)24(21)25-13-22/h3-13H,14-15H2,1-2H3,(H,27,28). The fourth-order valence-corrected chi connectivity index (χ4v) is 3.34. The zero-order valence-corrected chi connectivity index (χ0v) is 16.4. The van der Waals surface area contributed by atoms with E-state index in [0.717, 1.165) is 16.5 Å². The van der Waals surface area contributed by atoms with Crippen molar-refractivity contribution in [1.29, 1.82) is 0 Å². The molecule has 0 fully saturated rings. The van der Waals surface area contributed by atoms with Gasteiger partial charge >= 0.3 is 5.97 Å². The van der Waals surface area contributed by atoms with Gasteiger partial charge in [0.15, 0.2) is 0 Å². The molecule has 0 saturated carbocycles. The minimum absolute atomic E-state index is 0.109. The van der Waals surface area contributed by atoms with Gasteiger partial charge in [-0.3, -0.25) is 4.79 Å². The summed E-state index contributed by atoms with van der Waals surface area (Å²) < 4.78 is 7.54. The van der Waals surface area contributed by atoms with E-state index in [9.17, 15) is 4.79 Å². The van der Waals surface area contributed by atoms with Crippen molar-refractivity contribution in [2.45, 2.75) is 27.0 Å². The summed E-state index contributed by atoms with van der Waals surface area (Å²) >= 11 is 0. The van der Waals surface area contributed by atoms with E-state index >= 15 is 0 Å². The number of carbonyl (C=O) groups is 1. The van der Waals surface area contributed by atoms with Crippen LogP contribution in [-0.4, -0.2) is 20.6 Å². The van der Waals surface area contributed by atoms with Crippen LogP contribution in [-0.2, 0) is 17.9 Å². The lowest BCUT2D eigenvalue weighted by molar-refractivity contribution is -0.137. The highest BCUT2D eigenvalue weighted by atomic mass is 16.5. The number of aryl methyl sites for hydroxylation is 2. The predicted molar refractivity (Wildman–Crippen MR) is 113 cm³/mol. The van der Waals surface area contributed by atoms with Gasteiger partial charge in [-0.05, 0) is 59.9 Å². The van der Waals surface area contributed by atoms with Gasteiger partial charge in [0.1, 0.15) is 24.5 Å². The van der Waals surface area contributed by atoms with Crippen molar-refractivity contribution >= 4 is 17.0 Å². The number of aromatic nitrogens is 2. The van der Waals surface area contributed by atoms with Crippen LogP contribution in [0.1, 0.15) is 16.7 Å². The molecule has 29 heavy (non-hydrogen) atoms. The van der Waals surface area contributed by atoms with E-state index in [4.69, 9.17) is 9.84 Å². The van der Waals surface area contributed by atoms with E-state index in [0.29, 0.717) is 18.0 Å². The Morgan fingerprint density at radius 1 is 1.03 bits per heavy atom. The van der Waals surface area contributed by atoms with Gasteiger partial charge in [0.05, 0.1) is 6.20 Å². The molecule has 0 aliphatic heterocycles. The first-order chi connectivity index (χ1) is 14.0. The Balaban J connectivity index is 1.50. The minimum Gasteiger partial charge on any atom is -0.487 e. The van der Waals surface area contributed by atoms with E-state index in [1.807, 2.05) is 24.3 Å². The number of aliphatic carboxylic acids is 1. The molecule has 4 rings (SSSR count). The van der Waals surface area contributed by atoms with Gasteiger partial charge in [-0.25, -0.2) is 4.98 Å². The summed E-state index contributed by atoms with van der Waals surface area (Å²) in [7, 11) is 0. The van der Waals surface area contributed by atoms with Gasteiger partial charge < -0.3 is 14.4 Å². The number of hydrogen-bond donors (Lipinski definition) is 1. The molecule has 0 spiro atoms. The number of nitrogens with zero attached hydrogens (tertiary/aromatic N) is 2.